The largest absolute Gasteiger partial charge is 0.357 e. The summed E-state index contributed by atoms with van der Waals surface area (Å²) in [5.74, 6) is 0.789. The number of carbonyl (C=O) groups is 1. The lowest BCUT2D eigenvalue weighted by Gasteiger charge is -2.27. The Morgan fingerprint density at radius 1 is 1.17 bits per heavy atom. The molecular weight excluding hydrogens is 354 g/mol. The number of nitrogens with one attached hydrogen (secondary N) is 1. The predicted octanol–water partition coefficient (Wildman–Crippen LogP) is 4.40. The summed E-state index contributed by atoms with van der Waals surface area (Å²) < 4.78 is 1.03. The summed E-state index contributed by atoms with van der Waals surface area (Å²) in [5, 5.41) is 2.95. The molecule has 5 heteroatoms. The maximum absolute atomic E-state index is 12.5. The lowest BCUT2D eigenvalue weighted by Crippen LogP contribution is -2.30. The normalized spacial score (nSPS) is 14.6. The van der Waals surface area contributed by atoms with E-state index in [1.807, 2.05) is 31.2 Å². The molecule has 1 saturated heterocycles. The molecule has 2 heterocycles. The van der Waals surface area contributed by atoms with Crippen LogP contribution >= 0.6 is 15.9 Å². The average molecular weight is 374 g/mol. The smallest absolute Gasteiger partial charge is 0.255 e. The van der Waals surface area contributed by atoms with Gasteiger partial charge in [-0.05, 0) is 62.1 Å². The molecule has 0 spiro atoms. The van der Waals surface area contributed by atoms with Gasteiger partial charge in [0.1, 0.15) is 5.82 Å². The van der Waals surface area contributed by atoms with Crippen LogP contribution in [0.1, 0.15) is 35.2 Å². The van der Waals surface area contributed by atoms with Crippen LogP contribution in [0, 0.1) is 6.92 Å². The highest BCUT2D eigenvalue weighted by molar-refractivity contribution is 9.10. The van der Waals surface area contributed by atoms with Crippen LogP contribution in [0.15, 0.2) is 41.0 Å². The molecule has 1 aromatic heterocycles. The molecule has 4 nitrogen and oxygen atoms in total. The molecule has 0 radical (unpaired) electrons. The van der Waals surface area contributed by atoms with E-state index < -0.39 is 0 Å². The number of amides is 1. The molecule has 0 bridgehead atoms. The van der Waals surface area contributed by atoms with Crippen molar-refractivity contribution < 1.29 is 4.79 Å². The van der Waals surface area contributed by atoms with Crippen LogP contribution in [0.5, 0.6) is 0 Å². The number of hydrogen-bond donors (Lipinski definition) is 1. The molecule has 1 aliphatic rings. The Morgan fingerprint density at radius 2 is 1.96 bits per heavy atom. The summed E-state index contributed by atoms with van der Waals surface area (Å²) in [6.45, 7) is 4.04. The zero-order valence-corrected chi connectivity index (χ0v) is 14.8. The molecule has 1 amide bonds. The number of pyridine rings is 1. The molecule has 120 valence electrons. The van der Waals surface area contributed by atoms with Gasteiger partial charge in [0.05, 0.1) is 0 Å². The van der Waals surface area contributed by atoms with E-state index in [4.69, 9.17) is 0 Å². The number of anilines is 2. The second kappa shape index (κ2) is 7.13. The van der Waals surface area contributed by atoms with Gasteiger partial charge in [0.15, 0.2) is 0 Å². The molecule has 3 rings (SSSR count). The SMILES string of the molecule is Cc1cc(NC(=O)c2ccnc(N3CCCCC3)c2)ccc1Br. The number of rotatable bonds is 3. The number of aromatic nitrogens is 1. The highest BCUT2D eigenvalue weighted by Gasteiger charge is 2.14. The van der Waals surface area contributed by atoms with Crippen LogP contribution in [-0.2, 0) is 0 Å². The molecule has 1 aliphatic heterocycles. The molecule has 0 unspecified atom stereocenters. The molecular formula is C18H20BrN3O. The van der Waals surface area contributed by atoms with E-state index in [-0.39, 0.29) is 5.91 Å². The summed E-state index contributed by atoms with van der Waals surface area (Å²) >= 11 is 3.47. The van der Waals surface area contributed by atoms with Gasteiger partial charge in [0.25, 0.3) is 5.91 Å². The Kier molecular flexibility index (Phi) is 4.96. The van der Waals surface area contributed by atoms with Gasteiger partial charge >= 0.3 is 0 Å². The lowest BCUT2D eigenvalue weighted by molar-refractivity contribution is 0.102. The van der Waals surface area contributed by atoms with Crippen molar-refractivity contribution in [2.75, 3.05) is 23.3 Å². The molecule has 1 fully saturated rings. The Hall–Kier alpha value is -1.88. The quantitative estimate of drug-likeness (QED) is 0.867. The molecule has 2 aromatic rings. The summed E-state index contributed by atoms with van der Waals surface area (Å²) in [6.07, 6.45) is 5.37. The lowest BCUT2D eigenvalue weighted by atomic mass is 10.1. The zero-order valence-electron chi connectivity index (χ0n) is 13.2. The van der Waals surface area contributed by atoms with Crippen LogP contribution in [0.2, 0.25) is 0 Å². The summed E-state index contributed by atoms with van der Waals surface area (Å²) in [4.78, 5) is 19.1. The third-order valence-electron chi connectivity index (χ3n) is 4.10. The van der Waals surface area contributed by atoms with Gasteiger partial charge in [-0.25, -0.2) is 4.98 Å². The maximum atomic E-state index is 12.5. The van der Waals surface area contributed by atoms with Crippen molar-refractivity contribution in [3.05, 3.63) is 52.1 Å². The van der Waals surface area contributed by atoms with Crippen molar-refractivity contribution in [3.8, 4) is 0 Å². The van der Waals surface area contributed by atoms with Gasteiger partial charge in [-0.3, -0.25) is 4.79 Å². The van der Waals surface area contributed by atoms with Crippen LogP contribution in [0.25, 0.3) is 0 Å². The van der Waals surface area contributed by atoms with E-state index >= 15 is 0 Å². The summed E-state index contributed by atoms with van der Waals surface area (Å²) in [5.41, 5.74) is 2.53. The van der Waals surface area contributed by atoms with Gasteiger partial charge in [-0.2, -0.15) is 0 Å². The summed E-state index contributed by atoms with van der Waals surface area (Å²) in [6, 6.07) is 9.42. The monoisotopic (exact) mass is 373 g/mol. The average Bonchev–Trinajstić information content (AvgIpc) is 2.59. The highest BCUT2D eigenvalue weighted by atomic mass is 79.9. The number of halogens is 1. The summed E-state index contributed by atoms with van der Waals surface area (Å²) in [7, 11) is 0. The first-order valence-corrected chi connectivity index (χ1v) is 8.71. The molecule has 1 aromatic carbocycles. The minimum Gasteiger partial charge on any atom is -0.357 e. The first-order chi connectivity index (χ1) is 11.1. The Morgan fingerprint density at radius 3 is 2.70 bits per heavy atom. The Bertz CT molecular complexity index is 711. The third kappa shape index (κ3) is 3.91. The minimum absolute atomic E-state index is 0.104. The van der Waals surface area contributed by atoms with E-state index in [1.54, 1.807) is 12.3 Å². The van der Waals surface area contributed by atoms with Crippen molar-refractivity contribution in [2.45, 2.75) is 26.2 Å². The Labute approximate surface area is 145 Å². The molecule has 0 atom stereocenters. The Balaban J connectivity index is 1.75. The van der Waals surface area contributed by atoms with Crippen LogP contribution in [0.4, 0.5) is 11.5 Å². The standard InChI is InChI=1S/C18H20BrN3O/c1-13-11-15(5-6-16(13)19)21-18(23)14-7-8-20-17(12-14)22-9-3-2-4-10-22/h5-8,11-12H,2-4,9-10H2,1H3,(H,21,23). The fraction of sp³-hybridized carbons (Fsp3) is 0.333. The van der Waals surface area contributed by atoms with Crippen molar-refractivity contribution in [1.29, 1.82) is 0 Å². The van der Waals surface area contributed by atoms with Crippen molar-refractivity contribution in [3.63, 3.8) is 0 Å². The molecule has 1 N–H and O–H groups in total. The second-order valence-electron chi connectivity index (χ2n) is 5.87. The first kappa shape index (κ1) is 16.0. The maximum Gasteiger partial charge on any atom is 0.255 e. The fourth-order valence-corrected chi connectivity index (χ4v) is 3.03. The molecule has 0 saturated carbocycles. The van der Waals surface area contributed by atoms with E-state index in [1.165, 1.54) is 19.3 Å². The van der Waals surface area contributed by atoms with Crippen LogP contribution < -0.4 is 10.2 Å². The fourth-order valence-electron chi connectivity index (χ4n) is 2.78. The number of piperidine rings is 1. The number of benzene rings is 1. The number of hydrogen-bond acceptors (Lipinski definition) is 3. The molecule has 0 aliphatic carbocycles. The topological polar surface area (TPSA) is 45.2 Å². The zero-order chi connectivity index (χ0) is 16.2. The van der Waals surface area contributed by atoms with E-state index in [0.29, 0.717) is 5.56 Å². The number of nitrogens with zero attached hydrogens (tertiary/aromatic N) is 2. The highest BCUT2D eigenvalue weighted by Crippen LogP contribution is 2.22. The predicted molar refractivity (Wildman–Crippen MR) is 97.1 cm³/mol. The van der Waals surface area contributed by atoms with Gasteiger partial charge in [-0.15, -0.1) is 0 Å². The van der Waals surface area contributed by atoms with E-state index in [0.717, 1.165) is 34.6 Å². The first-order valence-electron chi connectivity index (χ1n) is 7.92. The van der Waals surface area contributed by atoms with E-state index in [2.05, 4.69) is 31.1 Å². The van der Waals surface area contributed by atoms with Gasteiger partial charge in [0.2, 0.25) is 0 Å². The second-order valence-corrected chi connectivity index (χ2v) is 6.72. The van der Waals surface area contributed by atoms with E-state index in [9.17, 15) is 4.79 Å². The van der Waals surface area contributed by atoms with Crippen molar-refractivity contribution >= 4 is 33.3 Å². The van der Waals surface area contributed by atoms with Gasteiger partial charge in [0, 0.05) is 35.0 Å². The number of aryl methyl sites for hydroxylation is 1. The minimum atomic E-state index is -0.104. The number of carbonyl (C=O) groups excluding carboxylic acids is 1. The van der Waals surface area contributed by atoms with Gasteiger partial charge in [-0.1, -0.05) is 15.9 Å². The van der Waals surface area contributed by atoms with Crippen LogP contribution in [0.3, 0.4) is 0 Å². The van der Waals surface area contributed by atoms with Crippen molar-refractivity contribution in [1.82, 2.24) is 4.98 Å². The third-order valence-corrected chi connectivity index (χ3v) is 4.99. The molecule has 23 heavy (non-hydrogen) atoms. The van der Waals surface area contributed by atoms with Gasteiger partial charge < -0.3 is 10.2 Å². The van der Waals surface area contributed by atoms with Crippen LogP contribution in [-0.4, -0.2) is 24.0 Å². The van der Waals surface area contributed by atoms with Crippen molar-refractivity contribution in [2.24, 2.45) is 0 Å².